The highest BCUT2D eigenvalue weighted by molar-refractivity contribution is 5.94. The molecule has 4 nitrogen and oxygen atoms in total. The van der Waals surface area contributed by atoms with Gasteiger partial charge in [0, 0.05) is 12.6 Å². The van der Waals surface area contributed by atoms with Gasteiger partial charge in [-0.15, -0.1) is 0 Å². The predicted molar refractivity (Wildman–Crippen MR) is 58.9 cm³/mol. The highest BCUT2D eigenvalue weighted by atomic mass is 16.5. The Morgan fingerprint density at radius 3 is 2.73 bits per heavy atom. The van der Waals surface area contributed by atoms with E-state index < -0.39 is 0 Å². The van der Waals surface area contributed by atoms with Gasteiger partial charge in [-0.1, -0.05) is 0 Å². The predicted octanol–water partition coefficient (Wildman–Crippen LogP) is 1.26. The summed E-state index contributed by atoms with van der Waals surface area (Å²) in [5.74, 6) is 0.669. The number of amides is 1. The number of carbonyl (C=O) groups excluding carboxylic acids is 1. The molecule has 0 spiro atoms. The van der Waals surface area contributed by atoms with Crippen LogP contribution in [0.15, 0.2) is 18.2 Å². The third-order valence-electron chi connectivity index (χ3n) is 1.98. The van der Waals surface area contributed by atoms with Crippen LogP contribution in [0.3, 0.4) is 0 Å². The molecule has 0 saturated heterocycles. The molecule has 4 heteroatoms. The zero-order valence-corrected chi connectivity index (χ0v) is 9.26. The minimum absolute atomic E-state index is 0.149. The summed E-state index contributed by atoms with van der Waals surface area (Å²) in [6.45, 7) is 4.48. The molecule has 0 bridgehead atoms. The molecule has 1 aromatic carbocycles. The first-order valence-corrected chi connectivity index (χ1v) is 4.89. The van der Waals surface area contributed by atoms with E-state index >= 15 is 0 Å². The van der Waals surface area contributed by atoms with Crippen molar-refractivity contribution in [3.05, 3.63) is 29.3 Å². The molecule has 0 unspecified atom stereocenters. The number of aryl methyl sites for hydroxylation is 1. The Kier molecular flexibility index (Phi) is 4.12. The number of carbonyl (C=O) groups is 1. The molecule has 0 aliphatic carbocycles. The Labute approximate surface area is 89.6 Å². The van der Waals surface area contributed by atoms with E-state index in [4.69, 9.17) is 4.74 Å². The molecular formula is C11H16N2O2. The zero-order chi connectivity index (χ0) is 11.3. The highest BCUT2D eigenvalue weighted by Gasteiger charge is 2.06. The third-order valence-corrected chi connectivity index (χ3v) is 1.98. The molecule has 0 atom stereocenters. The van der Waals surface area contributed by atoms with Gasteiger partial charge >= 0.3 is 0 Å². The van der Waals surface area contributed by atoms with E-state index in [1.54, 1.807) is 19.2 Å². The summed E-state index contributed by atoms with van der Waals surface area (Å²) in [5, 5.41) is 0. The first kappa shape index (κ1) is 11.5. The molecule has 1 rings (SSSR count). The van der Waals surface area contributed by atoms with E-state index in [1.165, 1.54) is 0 Å². The number of benzene rings is 1. The van der Waals surface area contributed by atoms with Crippen molar-refractivity contribution in [2.75, 3.05) is 13.7 Å². The smallest absolute Gasteiger partial charge is 0.265 e. The van der Waals surface area contributed by atoms with Gasteiger partial charge in [0.1, 0.15) is 5.75 Å². The maximum Gasteiger partial charge on any atom is 0.265 e. The summed E-state index contributed by atoms with van der Waals surface area (Å²) in [7, 11) is 1.65. The molecule has 0 fully saturated rings. The van der Waals surface area contributed by atoms with E-state index in [0.29, 0.717) is 12.2 Å². The fourth-order valence-corrected chi connectivity index (χ4v) is 1.29. The summed E-state index contributed by atoms with van der Waals surface area (Å²) in [6, 6.07) is 5.35. The summed E-state index contributed by atoms with van der Waals surface area (Å²) >= 11 is 0. The molecule has 0 aliphatic rings. The summed E-state index contributed by atoms with van der Waals surface area (Å²) in [4.78, 5) is 11.5. The first-order valence-electron chi connectivity index (χ1n) is 4.89. The Bertz CT molecular complexity index is 350. The van der Waals surface area contributed by atoms with Gasteiger partial charge in [-0.2, -0.15) is 0 Å². The van der Waals surface area contributed by atoms with E-state index in [2.05, 4.69) is 10.9 Å². The normalized spacial score (nSPS) is 9.80. The number of rotatable bonds is 4. The quantitative estimate of drug-likeness (QED) is 0.732. The van der Waals surface area contributed by atoms with Gasteiger partial charge in [-0.25, -0.2) is 5.43 Å². The molecule has 2 N–H and O–H groups in total. The fourth-order valence-electron chi connectivity index (χ4n) is 1.29. The average Bonchev–Trinajstić information content (AvgIpc) is 2.21. The molecule has 0 saturated carbocycles. The Hall–Kier alpha value is -1.55. The maximum atomic E-state index is 11.5. The number of hydrogen-bond acceptors (Lipinski definition) is 3. The van der Waals surface area contributed by atoms with Crippen molar-refractivity contribution in [2.45, 2.75) is 13.8 Å². The molecular weight excluding hydrogens is 192 g/mol. The van der Waals surface area contributed by atoms with Crippen LogP contribution in [0.25, 0.3) is 0 Å². The number of ether oxygens (including phenoxy) is 1. The maximum absolute atomic E-state index is 11.5. The number of nitrogens with one attached hydrogen (secondary N) is 2. The van der Waals surface area contributed by atoms with Crippen molar-refractivity contribution in [1.82, 2.24) is 10.9 Å². The molecule has 15 heavy (non-hydrogen) atoms. The van der Waals surface area contributed by atoms with Gasteiger partial charge in [-0.3, -0.25) is 10.2 Å². The minimum Gasteiger partial charge on any atom is -0.494 e. The van der Waals surface area contributed by atoms with Crippen LogP contribution in [0.1, 0.15) is 22.8 Å². The summed E-state index contributed by atoms with van der Waals surface area (Å²) in [5.41, 5.74) is 6.68. The lowest BCUT2D eigenvalue weighted by molar-refractivity contribution is 0.0938. The summed E-state index contributed by atoms with van der Waals surface area (Å²) < 4.78 is 5.38. The van der Waals surface area contributed by atoms with Crippen molar-refractivity contribution in [2.24, 2.45) is 0 Å². The fraction of sp³-hybridized carbons (Fsp3) is 0.364. The second-order valence-electron chi connectivity index (χ2n) is 3.12. The van der Waals surface area contributed by atoms with Crippen LogP contribution in [-0.4, -0.2) is 19.6 Å². The zero-order valence-electron chi connectivity index (χ0n) is 9.26. The Morgan fingerprint density at radius 1 is 1.47 bits per heavy atom. The van der Waals surface area contributed by atoms with Gasteiger partial charge in [0.2, 0.25) is 0 Å². The molecule has 0 radical (unpaired) electrons. The van der Waals surface area contributed by atoms with E-state index in [9.17, 15) is 4.79 Å². The molecule has 82 valence electrons. The SMILES string of the molecule is CCOc1ccc(C(=O)NNC)cc1C. The lowest BCUT2D eigenvalue weighted by Crippen LogP contribution is -2.34. The molecule has 0 aromatic heterocycles. The molecule has 0 heterocycles. The van der Waals surface area contributed by atoms with Gasteiger partial charge in [0.15, 0.2) is 0 Å². The first-order chi connectivity index (χ1) is 7.19. The van der Waals surface area contributed by atoms with E-state index in [0.717, 1.165) is 11.3 Å². The lowest BCUT2D eigenvalue weighted by atomic mass is 10.1. The number of hydrazine groups is 1. The van der Waals surface area contributed by atoms with Crippen molar-refractivity contribution in [1.29, 1.82) is 0 Å². The number of hydrogen-bond donors (Lipinski definition) is 2. The molecule has 1 amide bonds. The van der Waals surface area contributed by atoms with Gasteiger partial charge in [0.05, 0.1) is 6.61 Å². The van der Waals surface area contributed by atoms with Crippen LogP contribution in [-0.2, 0) is 0 Å². The Morgan fingerprint density at radius 2 is 2.20 bits per heavy atom. The minimum atomic E-state index is -0.149. The van der Waals surface area contributed by atoms with Crippen LogP contribution < -0.4 is 15.6 Å². The van der Waals surface area contributed by atoms with Crippen LogP contribution in [0.4, 0.5) is 0 Å². The van der Waals surface area contributed by atoms with E-state index in [-0.39, 0.29) is 5.91 Å². The van der Waals surface area contributed by atoms with Gasteiger partial charge in [0.25, 0.3) is 5.91 Å². The monoisotopic (exact) mass is 208 g/mol. The Balaban J connectivity index is 2.86. The van der Waals surface area contributed by atoms with Crippen molar-refractivity contribution >= 4 is 5.91 Å². The van der Waals surface area contributed by atoms with Crippen molar-refractivity contribution < 1.29 is 9.53 Å². The standard InChI is InChI=1S/C11H16N2O2/c1-4-15-10-6-5-9(7-8(10)2)11(14)13-12-3/h5-7,12H,4H2,1-3H3,(H,13,14). The summed E-state index contributed by atoms with van der Waals surface area (Å²) in [6.07, 6.45) is 0. The van der Waals surface area contributed by atoms with Crippen LogP contribution in [0.2, 0.25) is 0 Å². The van der Waals surface area contributed by atoms with Crippen LogP contribution >= 0.6 is 0 Å². The largest absolute Gasteiger partial charge is 0.494 e. The van der Waals surface area contributed by atoms with Crippen LogP contribution in [0.5, 0.6) is 5.75 Å². The highest BCUT2D eigenvalue weighted by Crippen LogP contribution is 2.18. The molecule has 0 aliphatic heterocycles. The third kappa shape index (κ3) is 2.95. The average molecular weight is 208 g/mol. The second-order valence-corrected chi connectivity index (χ2v) is 3.12. The second kappa shape index (κ2) is 5.36. The van der Waals surface area contributed by atoms with Gasteiger partial charge < -0.3 is 4.74 Å². The molecule has 1 aromatic rings. The lowest BCUT2D eigenvalue weighted by Gasteiger charge is -2.08. The van der Waals surface area contributed by atoms with Crippen molar-refractivity contribution in [3.63, 3.8) is 0 Å². The van der Waals surface area contributed by atoms with Gasteiger partial charge in [-0.05, 0) is 37.6 Å². The van der Waals surface area contributed by atoms with Crippen LogP contribution in [0, 0.1) is 6.92 Å². The van der Waals surface area contributed by atoms with E-state index in [1.807, 2.05) is 19.9 Å². The topological polar surface area (TPSA) is 50.4 Å². The van der Waals surface area contributed by atoms with Crippen molar-refractivity contribution in [3.8, 4) is 5.75 Å².